The average molecular weight is 392 g/mol. The van der Waals surface area contributed by atoms with Crippen LogP contribution in [0.3, 0.4) is 0 Å². The van der Waals surface area contributed by atoms with Crippen molar-refractivity contribution in [1.82, 2.24) is 10.6 Å². The van der Waals surface area contributed by atoms with Gasteiger partial charge in [-0.1, -0.05) is 12.1 Å². The lowest BCUT2D eigenvalue weighted by atomic mass is 9.74. The molecule has 0 aromatic heterocycles. The van der Waals surface area contributed by atoms with Gasteiger partial charge in [0, 0.05) is 44.9 Å². The van der Waals surface area contributed by atoms with Gasteiger partial charge in [0.05, 0.1) is 13.2 Å². The highest BCUT2D eigenvalue weighted by molar-refractivity contribution is 5.79. The van der Waals surface area contributed by atoms with E-state index in [0.717, 1.165) is 77.0 Å². The second kappa shape index (κ2) is 12.6. The summed E-state index contributed by atoms with van der Waals surface area (Å²) in [5, 5.41) is 6.78. The quantitative estimate of drug-likeness (QED) is 0.345. The minimum Gasteiger partial charge on any atom is -0.494 e. The maximum absolute atomic E-state index is 5.65. The van der Waals surface area contributed by atoms with Crippen molar-refractivity contribution in [3.63, 3.8) is 0 Å². The Morgan fingerprint density at radius 1 is 1.07 bits per heavy atom. The smallest absolute Gasteiger partial charge is 0.191 e. The molecule has 2 rings (SSSR count). The van der Waals surface area contributed by atoms with Gasteiger partial charge in [0.25, 0.3) is 0 Å². The molecule has 1 heterocycles. The first-order valence-electron chi connectivity index (χ1n) is 10.6. The molecule has 0 radical (unpaired) electrons. The van der Waals surface area contributed by atoms with E-state index in [1.54, 1.807) is 0 Å². The molecule has 1 aliphatic rings. The fourth-order valence-corrected chi connectivity index (χ4v) is 3.47. The van der Waals surface area contributed by atoms with E-state index in [2.05, 4.69) is 41.8 Å². The predicted octanol–water partition coefficient (Wildman–Crippen LogP) is 3.12. The zero-order valence-electron chi connectivity index (χ0n) is 17.8. The number of hydrogen-bond acceptors (Lipinski definition) is 4. The van der Waals surface area contributed by atoms with Gasteiger partial charge in [-0.3, -0.25) is 4.99 Å². The van der Waals surface area contributed by atoms with Gasteiger partial charge < -0.3 is 24.8 Å². The standard InChI is InChI=1S/C22H37N3O3/c1-4-23-21(24-14-7-15-26-5-2)25-18-22(12-16-27-17-13-22)19-8-10-20(11-9-19)28-6-3/h8-11H,4-7,12-18H2,1-3H3,(H2,23,24,25). The topological polar surface area (TPSA) is 64.1 Å². The van der Waals surface area contributed by atoms with Gasteiger partial charge in [0.15, 0.2) is 5.96 Å². The summed E-state index contributed by atoms with van der Waals surface area (Å²) >= 11 is 0. The van der Waals surface area contributed by atoms with E-state index in [9.17, 15) is 0 Å². The lowest BCUT2D eigenvalue weighted by Crippen LogP contribution is -2.41. The largest absolute Gasteiger partial charge is 0.494 e. The predicted molar refractivity (Wildman–Crippen MR) is 114 cm³/mol. The van der Waals surface area contributed by atoms with E-state index in [0.29, 0.717) is 6.61 Å². The zero-order chi connectivity index (χ0) is 20.1. The number of guanidine groups is 1. The molecular weight excluding hydrogens is 354 g/mol. The van der Waals surface area contributed by atoms with Gasteiger partial charge in [-0.2, -0.15) is 0 Å². The molecule has 0 spiro atoms. The Hall–Kier alpha value is -1.79. The van der Waals surface area contributed by atoms with E-state index in [4.69, 9.17) is 19.2 Å². The van der Waals surface area contributed by atoms with Crippen molar-refractivity contribution in [2.75, 3.05) is 52.7 Å². The molecule has 2 N–H and O–H groups in total. The summed E-state index contributed by atoms with van der Waals surface area (Å²) in [5.74, 6) is 1.79. The third-order valence-corrected chi connectivity index (χ3v) is 5.07. The van der Waals surface area contributed by atoms with Crippen LogP contribution in [-0.2, 0) is 14.9 Å². The van der Waals surface area contributed by atoms with E-state index < -0.39 is 0 Å². The first-order chi connectivity index (χ1) is 13.7. The van der Waals surface area contributed by atoms with Crippen LogP contribution < -0.4 is 15.4 Å². The fourth-order valence-electron chi connectivity index (χ4n) is 3.47. The number of aliphatic imine (C=N–C) groups is 1. The Morgan fingerprint density at radius 2 is 1.82 bits per heavy atom. The average Bonchev–Trinajstić information content (AvgIpc) is 2.73. The zero-order valence-corrected chi connectivity index (χ0v) is 17.8. The summed E-state index contributed by atoms with van der Waals surface area (Å²) in [6.45, 7) is 12.3. The van der Waals surface area contributed by atoms with Gasteiger partial charge in [-0.05, 0) is 57.7 Å². The number of benzene rings is 1. The SMILES string of the molecule is CCNC(=NCC1(c2ccc(OCC)cc2)CCOCC1)NCCCOCC. The number of nitrogens with one attached hydrogen (secondary N) is 2. The van der Waals surface area contributed by atoms with Crippen LogP contribution in [0.1, 0.15) is 45.6 Å². The van der Waals surface area contributed by atoms with E-state index in [1.807, 2.05) is 13.8 Å². The van der Waals surface area contributed by atoms with Gasteiger partial charge in [0.1, 0.15) is 5.75 Å². The molecule has 158 valence electrons. The third-order valence-electron chi connectivity index (χ3n) is 5.07. The minimum absolute atomic E-state index is 0.0106. The molecule has 0 amide bonds. The Labute approximate surface area is 170 Å². The highest BCUT2D eigenvalue weighted by Crippen LogP contribution is 2.36. The molecule has 0 aliphatic carbocycles. The van der Waals surface area contributed by atoms with Crippen LogP contribution in [0.2, 0.25) is 0 Å². The maximum atomic E-state index is 5.65. The lowest BCUT2D eigenvalue weighted by molar-refractivity contribution is 0.0531. The molecule has 0 bridgehead atoms. The second-order valence-corrected chi connectivity index (χ2v) is 7.02. The van der Waals surface area contributed by atoms with Crippen molar-refractivity contribution in [2.24, 2.45) is 4.99 Å². The molecular formula is C22H37N3O3. The van der Waals surface area contributed by atoms with Crippen molar-refractivity contribution in [3.8, 4) is 5.75 Å². The maximum Gasteiger partial charge on any atom is 0.191 e. The molecule has 6 heteroatoms. The van der Waals surface area contributed by atoms with Crippen molar-refractivity contribution in [3.05, 3.63) is 29.8 Å². The summed E-state index contributed by atoms with van der Waals surface area (Å²) in [5.41, 5.74) is 1.33. The van der Waals surface area contributed by atoms with Crippen LogP contribution in [0.5, 0.6) is 5.75 Å². The Bertz CT molecular complexity index is 569. The molecule has 6 nitrogen and oxygen atoms in total. The van der Waals surface area contributed by atoms with Crippen LogP contribution in [-0.4, -0.2) is 58.6 Å². The summed E-state index contributed by atoms with van der Waals surface area (Å²) in [6, 6.07) is 8.51. The van der Waals surface area contributed by atoms with E-state index in [1.165, 1.54) is 5.56 Å². The molecule has 0 atom stereocenters. The molecule has 0 unspecified atom stereocenters. The monoisotopic (exact) mass is 391 g/mol. The van der Waals surface area contributed by atoms with Crippen molar-refractivity contribution in [1.29, 1.82) is 0 Å². The summed E-state index contributed by atoms with van der Waals surface area (Å²) < 4.78 is 16.7. The van der Waals surface area contributed by atoms with E-state index in [-0.39, 0.29) is 5.41 Å². The van der Waals surface area contributed by atoms with Crippen molar-refractivity contribution < 1.29 is 14.2 Å². The Balaban J connectivity index is 2.06. The number of nitrogens with zero attached hydrogens (tertiary/aromatic N) is 1. The summed E-state index contributed by atoms with van der Waals surface area (Å²) in [7, 11) is 0. The molecule has 0 saturated carbocycles. The fraction of sp³-hybridized carbons (Fsp3) is 0.682. The minimum atomic E-state index is 0.0106. The van der Waals surface area contributed by atoms with Gasteiger partial charge >= 0.3 is 0 Å². The molecule has 1 aliphatic heterocycles. The molecule has 28 heavy (non-hydrogen) atoms. The highest BCUT2D eigenvalue weighted by Gasteiger charge is 2.34. The lowest BCUT2D eigenvalue weighted by Gasteiger charge is -2.36. The highest BCUT2D eigenvalue weighted by atomic mass is 16.5. The van der Waals surface area contributed by atoms with Gasteiger partial charge in [-0.15, -0.1) is 0 Å². The van der Waals surface area contributed by atoms with Crippen LogP contribution >= 0.6 is 0 Å². The van der Waals surface area contributed by atoms with Gasteiger partial charge in [0.2, 0.25) is 0 Å². The number of hydrogen-bond donors (Lipinski definition) is 2. The van der Waals surface area contributed by atoms with E-state index >= 15 is 0 Å². The summed E-state index contributed by atoms with van der Waals surface area (Å²) in [6.07, 6.45) is 2.93. The van der Waals surface area contributed by atoms with Crippen molar-refractivity contribution >= 4 is 5.96 Å². The van der Waals surface area contributed by atoms with Gasteiger partial charge in [-0.25, -0.2) is 0 Å². The second-order valence-electron chi connectivity index (χ2n) is 7.02. The van der Waals surface area contributed by atoms with Crippen LogP contribution in [0.4, 0.5) is 0 Å². The number of ether oxygens (including phenoxy) is 3. The van der Waals surface area contributed by atoms with Crippen LogP contribution in [0.15, 0.2) is 29.3 Å². The number of rotatable bonds is 11. The normalized spacial score (nSPS) is 16.6. The first-order valence-corrected chi connectivity index (χ1v) is 10.6. The molecule has 1 aromatic carbocycles. The van der Waals surface area contributed by atoms with Crippen LogP contribution in [0.25, 0.3) is 0 Å². The Morgan fingerprint density at radius 3 is 2.46 bits per heavy atom. The van der Waals surface area contributed by atoms with Crippen LogP contribution in [0, 0.1) is 0 Å². The molecule has 1 fully saturated rings. The summed E-state index contributed by atoms with van der Waals surface area (Å²) in [4.78, 5) is 4.93. The third kappa shape index (κ3) is 6.99. The molecule has 1 saturated heterocycles. The first kappa shape index (κ1) is 22.5. The molecule has 1 aromatic rings. The Kier molecular flexibility index (Phi) is 10.1. The van der Waals surface area contributed by atoms with Crippen molar-refractivity contribution in [2.45, 2.75) is 45.4 Å².